The molecule has 0 aliphatic rings. The highest BCUT2D eigenvalue weighted by Crippen LogP contribution is 2.36. The number of rotatable bonds is 3. The Hall–Kier alpha value is -2.18. The summed E-state index contributed by atoms with van der Waals surface area (Å²) in [6, 6.07) is 6.25. The van der Waals surface area contributed by atoms with Crippen molar-refractivity contribution in [3.05, 3.63) is 50.3 Å². The average Bonchev–Trinajstić information content (AvgIpc) is 2.84. The fourth-order valence-corrected chi connectivity index (χ4v) is 4.01. The number of carboxylic acid groups (broad SMARTS) is 1. The van der Waals surface area contributed by atoms with Gasteiger partial charge in [-0.25, -0.2) is 9.78 Å². The van der Waals surface area contributed by atoms with E-state index in [1.165, 1.54) is 22.8 Å². The molecule has 0 fully saturated rings. The monoisotopic (exact) mass is 362 g/mol. The van der Waals surface area contributed by atoms with E-state index in [2.05, 4.69) is 4.98 Å². The molecule has 0 saturated heterocycles. The highest BCUT2D eigenvalue weighted by atomic mass is 35.5. The summed E-state index contributed by atoms with van der Waals surface area (Å²) >= 11 is 7.37. The van der Waals surface area contributed by atoms with Crippen LogP contribution in [0.25, 0.3) is 21.3 Å². The normalized spacial score (nSPS) is 12.5. The second kappa shape index (κ2) is 6.03. The Labute approximate surface area is 147 Å². The van der Waals surface area contributed by atoms with Crippen LogP contribution in [0.3, 0.4) is 0 Å². The van der Waals surface area contributed by atoms with Gasteiger partial charge in [0.05, 0.1) is 5.39 Å². The van der Waals surface area contributed by atoms with Gasteiger partial charge in [0.15, 0.2) is 0 Å². The van der Waals surface area contributed by atoms with Crippen LogP contribution in [0.2, 0.25) is 5.02 Å². The molecule has 1 unspecified atom stereocenters. The first-order valence-corrected chi connectivity index (χ1v) is 8.51. The van der Waals surface area contributed by atoms with Gasteiger partial charge in [0.2, 0.25) is 0 Å². The van der Waals surface area contributed by atoms with Crippen molar-refractivity contribution >= 4 is 39.1 Å². The fraction of sp³-hybridized carbons (Fsp3) is 0.235. The molecule has 7 heteroatoms. The van der Waals surface area contributed by atoms with Gasteiger partial charge in [-0.15, -0.1) is 11.3 Å². The van der Waals surface area contributed by atoms with E-state index in [1.807, 2.05) is 19.1 Å². The van der Waals surface area contributed by atoms with Gasteiger partial charge in [-0.3, -0.25) is 9.36 Å². The topological polar surface area (TPSA) is 72.2 Å². The minimum atomic E-state index is -1.07. The van der Waals surface area contributed by atoms with Gasteiger partial charge < -0.3 is 5.11 Å². The second-order valence-electron chi connectivity index (χ2n) is 5.57. The van der Waals surface area contributed by atoms with Gasteiger partial charge in [0.25, 0.3) is 5.56 Å². The van der Waals surface area contributed by atoms with E-state index >= 15 is 0 Å². The molecule has 0 aliphatic heterocycles. The number of carbonyl (C=O) groups is 1. The maximum absolute atomic E-state index is 13.0. The van der Waals surface area contributed by atoms with Gasteiger partial charge in [0.1, 0.15) is 16.7 Å². The van der Waals surface area contributed by atoms with Crippen LogP contribution in [0.15, 0.2) is 29.1 Å². The minimum absolute atomic E-state index is 0.332. The maximum Gasteiger partial charge on any atom is 0.326 e. The number of nitrogens with zero attached hydrogens (tertiary/aromatic N) is 2. The van der Waals surface area contributed by atoms with E-state index in [4.69, 9.17) is 11.6 Å². The van der Waals surface area contributed by atoms with Gasteiger partial charge in [-0.2, -0.15) is 0 Å². The molecule has 0 spiro atoms. The number of aliphatic carboxylic acids is 1. The summed E-state index contributed by atoms with van der Waals surface area (Å²) in [7, 11) is 0. The van der Waals surface area contributed by atoms with Gasteiger partial charge in [0, 0.05) is 15.5 Å². The average molecular weight is 363 g/mol. The van der Waals surface area contributed by atoms with E-state index in [1.54, 1.807) is 19.1 Å². The van der Waals surface area contributed by atoms with Crippen molar-refractivity contribution in [2.45, 2.75) is 26.8 Å². The van der Waals surface area contributed by atoms with Crippen LogP contribution in [0.4, 0.5) is 0 Å². The number of aryl methyl sites for hydroxylation is 2. The molecule has 3 aromatic rings. The smallest absolute Gasteiger partial charge is 0.326 e. The van der Waals surface area contributed by atoms with Crippen molar-refractivity contribution in [1.82, 2.24) is 9.55 Å². The van der Waals surface area contributed by atoms with Crippen molar-refractivity contribution in [2.75, 3.05) is 0 Å². The molecule has 24 heavy (non-hydrogen) atoms. The predicted molar refractivity (Wildman–Crippen MR) is 96.1 cm³/mol. The zero-order valence-corrected chi connectivity index (χ0v) is 14.9. The van der Waals surface area contributed by atoms with Crippen LogP contribution >= 0.6 is 22.9 Å². The lowest BCUT2D eigenvalue weighted by Crippen LogP contribution is -2.30. The number of carboxylic acids is 1. The van der Waals surface area contributed by atoms with Crippen molar-refractivity contribution < 1.29 is 9.90 Å². The number of benzene rings is 1. The third-order valence-electron chi connectivity index (χ3n) is 3.99. The van der Waals surface area contributed by atoms with Gasteiger partial charge in [-0.1, -0.05) is 23.7 Å². The molecular formula is C17H15ClN2O3S. The van der Waals surface area contributed by atoms with Crippen molar-refractivity contribution in [2.24, 2.45) is 0 Å². The molecule has 3 rings (SSSR count). The molecule has 2 aromatic heterocycles. The summed E-state index contributed by atoms with van der Waals surface area (Å²) in [5, 5.41) is 10.3. The largest absolute Gasteiger partial charge is 0.480 e. The summed E-state index contributed by atoms with van der Waals surface area (Å²) in [5.74, 6) is -0.673. The molecule has 0 radical (unpaired) electrons. The van der Waals surface area contributed by atoms with Gasteiger partial charge in [-0.05, 0) is 38.5 Å². The number of halogens is 1. The van der Waals surface area contributed by atoms with E-state index < -0.39 is 12.0 Å². The molecule has 5 nitrogen and oxygen atoms in total. The molecule has 2 heterocycles. The van der Waals surface area contributed by atoms with E-state index in [9.17, 15) is 14.7 Å². The molecular weight excluding hydrogens is 348 g/mol. The molecule has 1 N–H and O–H groups in total. The number of hydrogen-bond donors (Lipinski definition) is 1. The lowest BCUT2D eigenvalue weighted by Gasteiger charge is -2.14. The number of thiophene rings is 1. The van der Waals surface area contributed by atoms with E-state index in [-0.39, 0.29) is 5.56 Å². The molecule has 0 amide bonds. The van der Waals surface area contributed by atoms with Crippen molar-refractivity contribution in [3.63, 3.8) is 0 Å². The fourth-order valence-electron chi connectivity index (χ4n) is 2.81. The first kappa shape index (κ1) is 16.7. The molecule has 124 valence electrons. The highest BCUT2D eigenvalue weighted by molar-refractivity contribution is 7.19. The molecule has 0 aliphatic carbocycles. The zero-order chi connectivity index (χ0) is 17.6. The quantitative estimate of drug-likeness (QED) is 0.763. The van der Waals surface area contributed by atoms with Gasteiger partial charge >= 0.3 is 5.97 Å². The Morgan fingerprint density at radius 3 is 2.50 bits per heavy atom. The lowest BCUT2D eigenvalue weighted by atomic mass is 10.0. The Morgan fingerprint density at radius 1 is 1.29 bits per heavy atom. The molecule has 1 atom stereocenters. The predicted octanol–water partition coefficient (Wildman–Crippen LogP) is 4.04. The van der Waals surface area contributed by atoms with Crippen LogP contribution in [-0.4, -0.2) is 20.6 Å². The highest BCUT2D eigenvalue weighted by Gasteiger charge is 2.23. The summed E-state index contributed by atoms with van der Waals surface area (Å²) in [6.45, 7) is 5.05. The molecule has 1 aromatic carbocycles. The van der Waals surface area contributed by atoms with Crippen LogP contribution in [0.1, 0.15) is 23.7 Å². The first-order valence-electron chi connectivity index (χ1n) is 7.32. The van der Waals surface area contributed by atoms with Crippen LogP contribution < -0.4 is 5.56 Å². The van der Waals surface area contributed by atoms with Crippen LogP contribution in [0.5, 0.6) is 0 Å². The number of aromatic nitrogens is 2. The Balaban J connectivity index is 2.38. The maximum atomic E-state index is 13.0. The third kappa shape index (κ3) is 2.61. The summed E-state index contributed by atoms with van der Waals surface area (Å²) < 4.78 is 1.23. The first-order chi connectivity index (χ1) is 11.3. The van der Waals surface area contributed by atoms with Crippen molar-refractivity contribution in [3.8, 4) is 11.1 Å². The summed E-state index contributed by atoms with van der Waals surface area (Å²) in [6.07, 6.45) is 0. The lowest BCUT2D eigenvalue weighted by molar-refractivity contribution is -0.140. The number of hydrogen-bond acceptors (Lipinski definition) is 4. The third-order valence-corrected chi connectivity index (χ3v) is 5.24. The molecule has 0 saturated carbocycles. The Kier molecular flexibility index (Phi) is 4.19. The Bertz CT molecular complexity index is 1010. The standard InChI is InChI=1S/C17H15ClN2O3S/c1-8(17(22)23)20-10(3)19-15-14(16(20)21)13(9(2)24-15)11-4-6-12(18)7-5-11/h4-8H,1-3H3,(H,22,23). The molecule has 0 bridgehead atoms. The van der Waals surface area contributed by atoms with E-state index in [0.29, 0.717) is 21.1 Å². The zero-order valence-electron chi connectivity index (χ0n) is 13.3. The van der Waals surface area contributed by atoms with Crippen LogP contribution in [-0.2, 0) is 4.79 Å². The van der Waals surface area contributed by atoms with E-state index in [0.717, 1.165) is 16.0 Å². The van der Waals surface area contributed by atoms with Crippen molar-refractivity contribution in [1.29, 1.82) is 0 Å². The number of fused-ring (bicyclic) bond motifs is 1. The minimum Gasteiger partial charge on any atom is -0.480 e. The van der Waals surface area contributed by atoms with Crippen LogP contribution in [0, 0.1) is 13.8 Å². The Morgan fingerprint density at radius 2 is 1.92 bits per heavy atom. The summed E-state index contributed by atoms with van der Waals surface area (Å²) in [5.41, 5.74) is 1.32. The second-order valence-corrected chi connectivity index (χ2v) is 7.21. The SMILES string of the molecule is Cc1sc2nc(C)n(C(C)C(=O)O)c(=O)c2c1-c1ccc(Cl)cc1. The summed E-state index contributed by atoms with van der Waals surface area (Å²) in [4.78, 5) is 30.4.